The quantitative estimate of drug-likeness (QED) is 0.723. The molecule has 0 unspecified atom stereocenters. The maximum atomic E-state index is 5.68. The van der Waals surface area contributed by atoms with Crippen LogP contribution >= 0.6 is 11.6 Å². The molecule has 16 heavy (non-hydrogen) atoms. The maximum absolute atomic E-state index is 5.68. The van der Waals surface area contributed by atoms with E-state index in [9.17, 15) is 0 Å². The highest BCUT2D eigenvalue weighted by Crippen LogP contribution is 2.11. The lowest BCUT2D eigenvalue weighted by Gasteiger charge is -2.22. The summed E-state index contributed by atoms with van der Waals surface area (Å²) in [6, 6.07) is 3.55. The van der Waals surface area contributed by atoms with Gasteiger partial charge in [-0.1, -0.05) is 11.6 Å². The minimum absolute atomic E-state index is 0.391. The van der Waals surface area contributed by atoms with Gasteiger partial charge in [-0.3, -0.25) is 0 Å². The van der Waals surface area contributed by atoms with Gasteiger partial charge in [-0.05, 0) is 12.1 Å². The van der Waals surface area contributed by atoms with Crippen molar-refractivity contribution >= 4 is 17.4 Å². The third-order valence-corrected chi connectivity index (χ3v) is 2.27. The predicted octanol–water partition coefficient (Wildman–Crippen LogP) is 1.23. The fourth-order valence-electron chi connectivity index (χ4n) is 1.22. The van der Waals surface area contributed by atoms with Gasteiger partial charge in [0.2, 0.25) is 0 Å². The topological polar surface area (TPSA) is 47.5 Å². The zero-order valence-electron chi connectivity index (χ0n) is 9.52. The van der Waals surface area contributed by atoms with Crippen LogP contribution in [0.25, 0.3) is 0 Å². The van der Waals surface area contributed by atoms with Crippen molar-refractivity contribution in [2.24, 2.45) is 0 Å². The largest absolute Gasteiger partial charge is 0.383 e. The molecule has 0 radical (unpaired) electrons. The summed E-state index contributed by atoms with van der Waals surface area (Å²) in [4.78, 5) is 2.04. The van der Waals surface area contributed by atoms with Crippen LogP contribution in [0.4, 0.5) is 5.82 Å². The monoisotopic (exact) mass is 245 g/mol. The number of methoxy groups -OCH3 is 2. The minimum Gasteiger partial charge on any atom is -0.383 e. The number of anilines is 1. The maximum Gasteiger partial charge on any atom is 0.151 e. The lowest BCUT2D eigenvalue weighted by Crippen LogP contribution is -2.31. The molecule has 0 aliphatic carbocycles. The third-order valence-electron chi connectivity index (χ3n) is 2.07. The Kier molecular flexibility index (Phi) is 6.07. The molecular weight excluding hydrogens is 230 g/mol. The Morgan fingerprint density at radius 1 is 1.12 bits per heavy atom. The van der Waals surface area contributed by atoms with E-state index in [2.05, 4.69) is 10.2 Å². The Balaban J connectivity index is 2.62. The Morgan fingerprint density at radius 2 is 1.75 bits per heavy atom. The second kappa shape index (κ2) is 7.38. The highest BCUT2D eigenvalue weighted by molar-refractivity contribution is 6.29. The molecule has 6 heteroatoms. The van der Waals surface area contributed by atoms with Crippen molar-refractivity contribution in [1.29, 1.82) is 0 Å². The van der Waals surface area contributed by atoms with Crippen molar-refractivity contribution in [3.05, 3.63) is 17.3 Å². The normalized spacial score (nSPS) is 10.4. The van der Waals surface area contributed by atoms with E-state index in [1.165, 1.54) is 0 Å². The fraction of sp³-hybridized carbons (Fsp3) is 0.600. The number of ether oxygens (including phenoxy) is 2. The second-order valence-corrected chi connectivity index (χ2v) is 3.57. The first-order valence-electron chi connectivity index (χ1n) is 5.00. The molecule has 0 aromatic carbocycles. The van der Waals surface area contributed by atoms with E-state index in [0.717, 1.165) is 18.9 Å². The highest BCUT2D eigenvalue weighted by atomic mass is 35.5. The zero-order valence-corrected chi connectivity index (χ0v) is 10.3. The summed E-state index contributed by atoms with van der Waals surface area (Å²) in [5.74, 6) is 0.776. The molecule has 0 aliphatic heterocycles. The third kappa shape index (κ3) is 4.30. The van der Waals surface area contributed by atoms with Gasteiger partial charge in [0.1, 0.15) is 0 Å². The number of nitrogens with zero attached hydrogens (tertiary/aromatic N) is 3. The molecule has 1 rings (SSSR count). The molecule has 0 aliphatic rings. The standard InChI is InChI=1S/C10H16ClN3O2/c1-15-7-5-14(6-8-16-2)10-4-3-9(11)12-13-10/h3-4H,5-8H2,1-2H3. The smallest absolute Gasteiger partial charge is 0.151 e. The molecule has 0 N–H and O–H groups in total. The van der Waals surface area contributed by atoms with Crippen LogP contribution in [0.5, 0.6) is 0 Å². The van der Waals surface area contributed by atoms with Gasteiger partial charge in [0, 0.05) is 27.3 Å². The first-order chi connectivity index (χ1) is 7.77. The molecule has 1 heterocycles. The van der Waals surface area contributed by atoms with Crippen LogP contribution < -0.4 is 4.90 Å². The Labute approximate surface area is 100 Å². The summed E-state index contributed by atoms with van der Waals surface area (Å²) in [6.45, 7) is 2.76. The summed E-state index contributed by atoms with van der Waals surface area (Å²) in [6.07, 6.45) is 0. The van der Waals surface area contributed by atoms with Crippen LogP contribution in [0.2, 0.25) is 5.15 Å². The molecule has 0 atom stereocenters. The molecule has 90 valence electrons. The van der Waals surface area contributed by atoms with Gasteiger partial charge in [-0.25, -0.2) is 0 Å². The van der Waals surface area contributed by atoms with Crippen molar-refractivity contribution in [2.45, 2.75) is 0 Å². The first-order valence-corrected chi connectivity index (χ1v) is 5.37. The average Bonchev–Trinajstić information content (AvgIpc) is 2.31. The van der Waals surface area contributed by atoms with Crippen molar-refractivity contribution in [2.75, 3.05) is 45.4 Å². The molecule has 5 nitrogen and oxygen atoms in total. The highest BCUT2D eigenvalue weighted by Gasteiger charge is 2.07. The number of rotatable bonds is 7. The predicted molar refractivity (Wildman–Crippen MR) is 63.0 cm³/mol. The van der Waals surface area contributed by atoms with Gasteiger partial charge in [0.25, 0.3) is 0 Å². The molecule has 0 bridgehead atoms. The Morgan fingerprint density at radius 3 is 2.19 bits per heavy atom. The lowest BCUT2D eigenvalue weighted by atomic mass is 10.4. The Bertz CT molecular complexity index is 287. The summed E-state index contributed by atoms with van der Waals surface area (Å²) in [5.41, 5.74) is 0. The summed E-state index contributed by atoms with van der Waals surface area (Å²) >= 11 is 5.68. The molecule has 0 saturated carbocycles. The molecule has 1 aromatic rings. The summed E-state index contributed by atoms with van der Waals surface area (Å²) < 4.78 is 10.1. The average molecular weight is 246 g/mol. The van der Waals surface area contributed by atoms with Gasteiger partial charge >= 0.3 is 0 Å². The molecule has 0 amide bonds. The van der Waals surface area contributed by atoms with E-state index in [1.54, 1.807) is 20.3 Å². The fourth-order valence-corrected chi connectivity index (χ4v) is 1.32. The summed E-state index contributed by atoms with van der Waals surface area (Å²) in [7, 11) is 3.34. The zero-order chi connectivity index (χ0) is 11.8. The SMILES string of the molecule is COCCN(CCOC)c1ccc(Cl)nn1. The van der Waals surface area contributed by atoms with E-state index in [4.69, 9.17) is 21.1 Å². The number of hydrogen-bond donors (Lipinski definition) is 0. The van der Waals surface area contributed by atoms with E-state index >= 15 is 0 Å². The molecule has 0 spiro atoms. The van der Waals surface area contributed by atoms with E-state index in [0.29, 0.717) is 18.4 Å². The number of hydrogen-bond acceptors (Lipinski definition) is 5. The van der Waals surface area contributed by atoms with Crippen LogP contribution in [0, 0.1) is 0 Å². The van der Waals surface area contributed by atoms with Crippen LogP contribution in [0.3, 0.4) is 0 Å². The second-order valence-electron chi connectivity index (χ2n) is 3.19. The molecular formula is C10H16ClN3O2. The summed E-state index contributed by atoms with van der Waals surface area (Å²) in [5, 5.41) is 8.22. The van der Waals surface area contributed by atoms with Gasteiger partial charge in [0.05, 0.1) is 13.2 Å². The van der Waals surface area contributed by atoms with Crippen LogP contribution in [-0.4, -0.2) is 50.7 Å². The molecule has 0 saturated heterocycles. The van der Waals surface area contributed by atoms with E-state index < -0.39 is 0 Å². The lowest BCUT2D eigenvalue weighted by molar-refractivity contribution is 0.190. The van der Waals surface area contributed by atoms with Crippen LogP contribution in [0.15, 0.2) is 12.1 Å². The van der Waals surface area contributed by atoms with Gasteiger partial charge < -0.3 is 14.4 Å². The minimum atomic E-state index is 0.391. The van der Waals surface area contributed by atoms with E-state index in [-0.39, 0.29) is 0 Å². The number of halogens is 1. The van der Waals surface area contributed by atoms with Crippen molar-refractivity contribution < 1.29 is 9.47 Å². The van der Waals surface area contributed by atoms with Crippen molar-refractivity contribution in [1.82, 2.24) is 10.2 Å². The van der Waals surface area contributed by atoms with E-state index in [1.807, 2.05) is 11.0 Å². The van der Waals surface area contributed by atoms with Crippen molar-refractivity contribution in [3.8, 4) is 0 Å². The van der Waals surface area contributed by atoms with Gasteiger partial charge in [-0.2, -0.15) is 0 Å². The van der Waals surface area contributed by atoms with Crippen LogP contribution in [-0.2, 0) is 9.47 Å². The molecule has 0 fully saturated rings. The van der Waals surface area contributed by atoms with Crippen LogP contribution in [0.1, 0.15) is 0 Å². The van der Waals surface area contributed by atoms with Gasteiger partial charge in [-0.15, -0.1) is 10.2 Å². The number of aromatic nitrogens is 2. The molecule has 1 aromatic heterocycles. The van der Waals surface area contributed by atoms with Gasteiger partial charge in [0.15, 0.2) is 11.0 Å². The Hall–Kier alpha value is -0.910. The first kappa shape index (κ1) is 13.2. The van der Waals surface area contributed by atoms with Crippen molar-refractivity contribution in [3.63, 3.8) is 0 Å².